The van der Waals surface area contributed by atoms with Crippen LogP contribution in [0.15, 0.2) is 24.3 Å². The third kappa shape index (κ3) is 2.72. The zero-order valence-corrected chi connectivity index (χ0v) is 15.1. The Hall–Kier alpha value is -2.24. The van der Waals surface area contributed by atoms with E-state index in [1.165, 1.54) is 26.4 Å². The van der Waals surface area contributed by atoms with E-state index in [1.54, 1.807) is 18.2 Å². The maximum Gasteiger partial charge on any atom is 0.348 e. The molecular weight excluding hydrogens is 334 g/mol. The molecule has 1 N–H and O–H groups in total. The molecule has 3 aliphatic rings. The van der Waals surface area contributed by atoms with Crippen molar-refractivity contribution in [3.05, 3.63) is 24.3 Å². The molecule has 6 nitrogen and oxygen atoms in total. The smallest absolute Gasteiger partial charge is 0.348 e. The summed E-state index contributed by atoms with van der Waals surface area (Å²) < 4.78 is 11.2. The lowest BCUT2D eigenvalue weighted by Crippen LogP contribution is -2.54. The molecule has 0 radical (unpaired) electrons. The highest BCUT2D eigenvalue weighted by atomic mass is 16.5. The molecule has 1 atom stereocenters. The fourth-order valence-electron chi connectivity index (χ4n) is 4.46. The number of benzene rings is 1. The number of amides is 1. The highest BCUT2D eigenvalue weighted by molar-refractivity contribution is 5.84. The third-order valence-electron chi connectivity index (χ3n) is 6.48. The van der Waals surface area contributed by atoms with Gasteiger partial charge in [-0.15, -0.1) is 0 Å². The molecule has 1 heterocycles. The number of hydrogen-bond acceptors (Lipinski definition) is 4. The highest BCUT2D eigenvalue weighted by Gasteiger charge is 2.62. The minimum absolute atomic E-state index is 0.170. The van der Waals surface area contributed by atoms with Crippen LogP contribution in [0.5, 0.6) is 11.5 Å². The number of piperidine rings is 1. The first-order valence-corrected chi connectivity index (χ1v) is 9.34. The van der Waals surface area contributed by atoms with E-state index >= 15 is 0 Å². The summed E-state index contributed by atoms with van der Waals surface area (Å²) in [7, 11) is 1.53. The van der Waals surface area contributed by atoms with Gasteiger partial charge in [-0.25, -0.2) is 4.79 Å². The largest absolute Gasteiger partial charge is 0.493 e. The van der Waals surface area contributed by atoms with Crippen LogP contribution in [-0.4, -0.2) is 47.7 Å². The molecule has 26 heavy (non-hydrogen) atoms. The zero-order chi connectivity index (χ0) is 18.4. The van der Waals surface area contributed by atoms with Crippen LogP contribution in [-0.2, 0) is 9.59 Å². The van der Waals surface area contributed by atoms with Crippen molar-refractivity contribution in [1.29, 1.82) is 0 Å². The summed E-state index contributed by atoms with van der Waals surface area (Å²) in [5.41, 5.74) is -1.02. The Balaban J connectivity index is 1.44. The fourth-order valence-corrected chi connectivity index (χ4v) is 4.46. The normalized spacial score (nSPS) is 25.3. The van der Waals surface area contributed by atoms with Gasteiger partial charge in [-0.05, 0) is 36.8 Å². The van der Waals surface area contributed by atoms with Gasteiger partial charge in [-0.2, -0.15) is 0 Å². The summed E-state index contributed by atoms with van der Waals surface area (Å²) in [6, 6.07) is 7.06. The number of rotatable bonds is 5. The molecule has 140 valence electrons. The Labute approximate surface area is 153 Å². The molecule has 0 aromatic heterocycles. The molecule has 1 amide bonds. The quantitative estimate of drug-likeness (QED) is 0.875. The van der Waals surface area contributed by atoms with Gasteiger partial charge in [0.15, 0.2) is 11.5 Å². The minimum atomic E-state index is -1.32. The van der Waals surface area contributed by atoms with E-state index in [4.69, 9.17) is 9.47 Å². The van der Waals surface area contributed by atoms with Gasteiger partial charge in [-0.3, -0.25) is 4.79 Å². The minimum Gasteiger partial charge on any atom is -0.493 e. The van der Waals surface area contributed by atoms with Crippen molar-refractivity contribution in [1.82, 2.24) is 4.90 Å². The van der Waals surface area contributed by atoms with Crippen LogP contribution in [0.2, 0.25) is 0 Å². The van der Waals surface area contributed by atoms with E-state index in [0.717, 1.165) is 6.42 Å². The fraction of sp³-hybridized carbons (Fsp3) is 0.600. The van der Waals surface area contributed by atoms with Crippen LogP contribution in [0, 0.1) is 11.3 Å². The number of methoxy groups -OCH3 is 1. The van der Waals surface area contributed by atoms with E-state index < -0.39 is 11.6 Å². The van der Waals surface area contributed by atoms with Crippen LogP contribution in [0.4, 0.5) is 0 Å². The van der Waals surface area contributed by atoms with Crippen molar-refractivity contribution in [2.24, 2.45) is 11.3 Å². The van der Waals surface area contributed by atoms with Gasteiger partial charge < -0.3 is 19.5 Å². The predicted octanol–water partition coefficient (Wildman–Crippen LogP) is 2.71. The lowest BCUT2D eigenvalue weighted by Gasteiger charge is -2.39. The van der Waals surface area contributed by atoms with Crippen molar-refractivity contribution in [3.63, 3.8) is 0 Å². The van der Waals surface area contributed by atoms with Crippen LogP contribution >= 0.6 is 0 Å². The van der Waals surface area contributed by atoms with Crippen LogP contribution in [0.1, 0.15) is 38.5 Å². The highest BCUT2D eigenvalue weighted by Crippen LogP contribution is 2.66. The van der Waals surface area contributed by atoms with Gasteiger partial charge in [0, 0.05) is 31.8 Å². The van der Waals surface area contributed by atoms with Crippen molar-refractivity contribution in [2.75, 3.05) is 20.2 Å². The molecule has 1 aliphatic heterocycles. The Bertz CT molecular complexity index is 719. The first kappa shape index (κ1) is 17.2. The van der Waals surface area contributed by atoms with Gasteiger partial charge in [0.2, 0.25) is 11.5 Å². The molecule has 2 saturated carbocycles. The SMILES string of the molecule is COc1ccccc1OC1(C(=O)O)CCN(C(=O)C2CC23CCC3)CC1. The number of carboxylic acid groups (broad SMARTS) is 1. The topological polar surface area (TPSA) is 76.1 Å². The molecule has 1 spiro atoms. The van der Waals surface area contributed by atoms with E-state index in [0.29, 0.717) is 30.0 Å². The van der Waals surface area contributed by atoms with Crippen LogP contribution in [0.3, 0.4) is 0 Å². The van der Waals surface area contributed by atoms with Gasteiger partial charge in [0.05, 0.1) is 7.11 Å². The molecule has 1 unspecified atom stereocenters. The summed E-state index contributed by atoms with van der Waals surface area (Å²) in [5, 5.41) is 9.82. The average Bonchev–Trinajstić information content (AvgIpc) is 3.38. The van der Waals surface area contributed by atoms with Crippen molar-refractivity contribution >= 4 is 11.9 Å². The molecule has 1 saturated heterocycles. The number of ether oxygens (including phenoxy) is 2. The summed E-state index contributed by atoms with van der Waals surface area (Å²) in [6.45, 7) is 0.847. The number of carboxylic acids is 1. The summed E-state index contributed by atoms with van der Waals surface area (Å²) in [6.07, 6.45) is 5.17. The second kappa shape index (κ2) is 6.18. The van der Waals surface area contributed by atoms with Gasteiger partial charge in [-0.1, -0.05) is 18.6 Å². The summed E-state index contributed by atoms with van der Waals surface area (Å²) in [5.74, 6) is 0.325. The van der Waals surface area contributed by atoms with Crippen molar-refractivity contribution < 1.29 is 24.2 Å². The molecule has 2 aliphatic carbocycles. The Kier molecular flexibility index (Phi) is 4.09. The summed E-state index contributed by atoms with van der Waals surface area (Å²) in [4.78, 5) is 26.6. The van der Waals surface area contributed by atoms with E-state index in [9.17, 15) is 14.7 Å². The Morgan fingerprint density at radius 1 is 1.12 bits per heavy atom. The first-order chi connectivity index (χ1) is 12.5. The summed E-state index contributed by atoms with van der Waals surface area (Å²) >= 11 is 0. The maximum atomic E-state index is 12.7. The Morgan fingerprint density at radius 3 is 2.27 bits per heavy atom. The van der Waals surface area contributed by atoms with Crippen LogP contribution < -0.4 is 9.47 Å². The molecular formula is C20H25NO5. The number of hydrogen-bond donors (Lipinski definition) is 1. The third-order valence-corrected chi connectivity index (χ3v) is 6.48. The van der Waals surface area contributed by atoms with Crippen molar-refractivity contribution in [3.8, 4) is 11.5 Å². The maximum absolute atomic E-state index is 12.7. The molecule has 4 rings (SSSR count). The van der Waals surface area contributed by atoms with E-state index in [1.807, 2.05) is 11.0 Å². The number of nitrogens with zero attached hydrogens (tertiary/aromatic N) is 1. The second-order valence-electron chi connectivity index (χ2n) is 7.85. The molecule has 3 fully saturated rings. The number of aliphatic carboxylic acids is 1. The lowest BCUT2D eigenvalue weighted by atomic mass is 9.79. The molecule has 6 heteroatoms. The monoisotopic (exact) mass is 359 g/mol. The molecule has 0 bridgehead atoms. The van der Waals surface area contributed by atoms with Crippen molar-refractivity contribution in [2.45, 2.75) is 44.1 Å². The van der Waals surface area contributed by atoms with Gasteiger partial charge in [0.1, 0.15) is 0 Å². The number of likely N-dealkylation sites (tertiary alicyclic amines) is 1. The first-order valence-electron chi connectivity index (χ1n) is 9.34. The molecule has 1 aromatic carbocycles. The number of carbonyl (C=O) groups excluding carboxylic acids is 1. The average molecular weight is 359 g/mol. The number of para-hydroxylation sites is 2. The number of carbonyl (C=O) groups is 2. The second-order valence-corrected chi connectivity index (χ2v) is 7.85. The standard InChI is InChI=1S/C20H25NO5/c1-25-15-5-2-3-6-16(15)26-20(18(23)24)9-11-21(12-10-20)17(22)14-13-19(14)7-4-8-19/h2-3,5-6,14H,4,7-13H2,1H3,(H,23,24). The van der Waals surface area contributed by atoms with Gasteiger partial charge in [0.25, 0.3) is 0 Å². The lowest BCUT2D eigenvalue weighted by molar-refractivity contribution is -0.162. The van der Waals surface area contributed by atoms with Gasteiger partial charge >= 0.3 is 5.97 Å². The van der Waals surface area contributed by atoms with E-state index in [2.05, 4.69) is 0 Å². The molecule has 1 aromatic rings. The Morgan fingerprint density at radius 2 is 1.77 bits per heavy atom. The predicted molar refractivity (Wildman–Crippen MR) is 94.2 cm³/mol. The zero-order valence-electron chi connectivity index (χ0n) is 15.1. The van der Waals surface area contributed by atoms with E-state index in [-0.39, 0.29) is 24.7 Å². The van der Waals surface area contributed by atoms with Crippen LogP contribution in [0.25, 0.3) is 0 Å².